The van der Waals surface area contributed by atoms with Gasteiger partial charge in [-0.2, -0.15) is 5.26 Å². The molecule has 1 radical (unpaired) electrons. The first-order chi connectivity index (χ1) is 5.73. The van der Waals surface area contributed by atoms with Crippen LogP contribution < -0.4 is 0 Å². The van der Waals surface area contributed by atoms with Crippen LogP contribution in [0.1, 0.15) is 12.5 Å². The minimum atomic E-state index is -1.12. The van der Waals surface area contributed by atoms with Crippen molar-refractivity contribution in [2.24, 2.45) is 0 Å². The molecule has 0 aliphatic carbocycles. The third-order valence-corrected chi connectivity index (χ3v) is 1.78. The first kappa shape index (κ1) is 8.48. The second-order valence-corrected chi connectivity index (χ2v) is 2.70. The Hall–Kier alpha value is -1.62. The van der Waals surface area contributed by atoms with Crippen molar-refractivity contribution < 1.29 is 4.79 Å². The van der Waals surface area contributed by atoms with Gasteiger partial charge in [0.15, 0.2) is 0 Å². The van der Waals surface area contributed by atoms with Crippen LogP contribution in [0.4, 0.5) is 0 Å². The molecule has 1 atom stereocenters. The lowest BCUT2D eigenvalue weighted by Crippen LogP contribution is -2.20. The summed E-state index contributed by atoms with van der Waals surface area (Å²) in [5.74, 6) is 0. The van der Waals surface area contributed by atoms with Crippen LogP contribution in [0.3, 0.4) is 0 Å². The summed E-state index contributed by atoms with van der Waals surface area (Å²) in [7, 11) is 0. The average Bonchev–Trinajstić information content (AvgIpc) is 2.18. The molecule has 0 aliphatic heterocycles. The van der Waals surface area contributed by atoms with Crippen LogP contribution in [0, 0.1) is 11.3 Å². The van der Waals surface area contributed by atoms with Crippen LogP contribution in [0.25, 0.3) is 0 Å². The van der Waals surface area contributed by atoms with Crippen molar-refractivity contribution >= 4 is 6.29 Å². The van der Waals surface area contributed by atoms with E-state index in [4.69, 9.17) is 5.26 Å². The lowest BCUT2D eigenvalue weighted by atomic mass is 9.86. The molecule has 0 saturated carbocycles. The Balaban J connectivity index is 3.14. The van der Waals surface area contributed by atoms with E-state index in [1.807, 2.05) is 12.1 Å². The number of hydrogen-bond donors (Lipinski definition) is 0. The van der Waals surface area contributed by atoms with Gasteiger partial charge in [0.25, 0.3) is 0 Å². The zero-order chi connectivity index (χ0) is 9.03. The molecule has 12 heavy (non-hydrogen) atoms. The van der Waals surface area contributed by atoms with Crippen molar-refractivity contribution in [3.63, 3.8) is 0 Å². The summed E-state index contributed by atoms with van der Waals surface area (Å²) in [4.78, 5) is 10.5. The monoisotopic (exact) mass is 158 g/mol. The van der Waals surface area contributed by atoms with Gasteiger partial charge in [-0.3, -0.25) is 4.79 Å². The SMILES string of the molecule is C[C@]([C]=O)(C#N)c1ccccc1. The first-order valence-electron chi connectivity index (χ1n) is 3.59. The van der Waals surface area contributed by atoms with Gasteiger partial charge in [-0.05, 0) is 12.5 Å². The fourth-order valence-electron chi connectivity index (χ4n) is 0.918. The summed E-state index contributed by atoms with van der Waals surface area (Å²) < 4.78 is 0. The normalized spacial score (nSPS) is 14.3. The van der Waals surface area contributed by atoms with Crippen LogP contribution in [0.5, 0.6) is 0 Å². The van der Waals surface area contributed by atoms with E-state index in [-0.39, 0.29) is 0 Å². The summed E-state index contributed by atoms with van der Waals surface area (Å²) in [6.45, 7) is 1.55. The molecule has 2 heteroatoms. The molecule has 0 spiro atoms. The Labute approximate surface area is 71.4 Å². The molecule has 0 aromatic heterocycles. The molecule has 2 nitrogen and oxygen atoms in total. The van der Waals surface area contributed by atoms with Gasteiger partial charge in [0.05, 0.1) is 6.07 Å². The van der Waals surface area contributed by atoms with E-state index in [1.54, 1.807) is 37.5 Å². The molecule has 0 saturated heterocycles. The second-order valence-electron chi connectivity index (χ2n) is 2.70. The van der Waals surface area contributed by atoms with E-state index >= 15 is 0 Å². The molecule has 1 aromatic carbocycles. The lowest BCUT2D eigenvalue weighted by molar-refractivity contribution is 0.532. The Bertz CT molecular complexity index is 312. The van der Waals surface area contributed by atoms with Crippen LogP contribution in [-0.4, -0.2) is 6.29 Å². The van der Waals surface area contributed by atoms with Gasteiger partial charge in [0, 0.05) is 0 Å². The molecule has 0 fully saturated rings. The van der Waals surface area contributed by atoms with Gasteiger partial charge in [-0.25, -0.2) is 0 Å². The molecule has 1 rings (SSSR count). The highest BCUT2D eigenvalue weighted by Crippen LogP contribution is 2.19. The van der Waals surface area contributed by atoms with E-state index in [0.717, 1.165) is 0 Å². The Morgan fingerprint density at radius 3 is 2.33 bits per heavy atom. The number of hydrogen-bond acceptors (Lipinski definition) is 2. The minimum absolute atomic E-state index is 0.683. The second kappa shape index (κ2) is 3.19. The zero-order valence-electron chi connectivity index (χ0n) is 6.74. The zero-order valence-corrected chi connectivity index (χ0v) is 6.74. The molecule has 0 amide bonds. The molecule has 0 aliphatic rings. The number of nitriles is 1. The van der Waals surface area contributed by atoms with Crippen molar-refractivity contribution in [2.75, 3.05) is 0 Å². The summed E-state index contributed by atoms with van der Waals surface area (Å²) in [6, 6.07) is 10.8. The molecular formula is C10H8NO. The molecule has 0 N–H and O–H groups in total. The Morgan fingerprint density at radius 2 is 1.92 bits per heavy atom. The number of carbonyl (C=O) groups excluding carboxylic acids is 1. The fourth-order valence-corrected chi connectivity index (χ4v) is 0.918. The largest absolute Gasteiger partial charge is 0.289 e. The van der Waals surface area contributed by atoms with Crippen molar-refractivity contribution in [1.29, 1.82) is 5.26 Å². The third-order valence-electron chi connectivity index (χ3n) is 1.78. The summed E-state index contributed by atoms with van der Waals surface area (Å²) >= 11 is 0. The van der Waals surface area contributed by atoms with Crippen molar-refractivity contribution in [3.8, 4) is 6.07 Å². The fraction of sp³-hybridized carbons (Fsp3) is 0.200. The summed E-state index contributed by atoms with van der Waals surface area (Å²) in [5, 5.41) is 8.73. The molecule has 0 bridgehead atoms. The van der Waals surface area contributed by atoms with Crippen LogP contribution >= 0.6 is 0 Å². The topological polar surface area (TPSA) is 40.9 Å². The van der Waals surface area contributed by atoms with E-state index in [1.165, 1.54) is 0 Å². The van der Waals surface area contributed by atoms with Crippen LogP contribution in [0.15, 0.2) is 30.3 Å². The van der Waals surface area contributed by atoms with Gasteiger partial charge < -0.3 is 0 Å². The smallest absolute Gasteiger partial charge is 0.224 e. The highest BCUT2D eigenvalue weighted by molar-refractivity contribution is 5.73. The standard InChI is InChI=1S/C10H8NO/c1-10(7-11,8-12)9-5-3-2-4-6-9/h2-6H,1H3/t10-/m1/s1. The summed E-state index contributed by atoms with van der Waals surface area (Å²) in [6.07, 6.45) is 1.73. The number of rotatable bonds is 2. The maximum absolute atomic E-state index is 10.5. The van der Waals surface area contributed by atoms with Gasteiger partial charge in [-0.15, -0.1) is 0 Å². The van der Waals surface area contributed by atoms with E-state index in [9.17, 15) is 4.79 Å². The first-order valence-corrected chi connectivity index (χ1v) is 3.59. The molecule has 59 valence electrons. The van der Waals surface area contributed by atoms with Crippen LogP contribution in [-0.2, 0) is 10.2 Å². The Kier molecular flexibility index (Phi) is 2.25. The quantitative estimate of drug-likeness (QED) is 0.655. The van der Waals surface area contributed by atoms with E-state index < -0.39 is 5.41 Å². The minimum Gasteiger partial charge on any atom is -0.289 e. The maximum Gasteiger partial charge on any atom is 0.224 e. The number of benzene rings is 1. The summed E-state index contributed by atoms with van der Waals surface area (Å²) in [5.41, 5.74) is -0.441. The van der Waals surface area contributed by atoms with Crippen LogP contribution in [0.2, 0.25) is 0 Å². The third kappa shape index (κ3) is 1.35. The molecule has 0 unspecified atom stereocenters. The van der Waals surface area contributed by atoms with Gasteiger partial charge >= 0.3 is 0 Å². The number of nitrogens with zero attached hydrogens (tertiary/aromatic N) is 1. The van der Waals surface area contributed by atoms with Gasteiger partial charge in [-0.1, -0.05) is 30.3 Å². The van der Waals surface area contributed by atoms with Gasteiger partial charge in [0.2, 0.25) is 6.29 Å². The lowest BCUT2D eigenvalue weighted by Gasteiger charge is -2.11. The highest BCUT2D eigenvalue weighted by Gasteiger charge is 2.26. The predicted octanol–water partition coefficient (Wildman–Crippen LogP) is 1.58. The Morgan fingerprint density at radius 1 is 1.33 bits per heavy atom. The molecular weight excluding hydrogens is 150 g/mol. The average molecular weight is 158 g/mol. The van der Waals surface area contributed by atoms with Crippen molar-refractivity contribution in [3.05, 3.63) is 35.9 Å². The highest BCUT2D eigenvalue weighted by atomic mass is 16.1. The maximum atomic E-state index is 10.5. The van der Waals surface area contributed by atoms with Crippen molar-refractivity contribution in [2.45, 2.75) is 12.3 Å². The molecule has 1 aromatic rings. The van der Waals surface area contributed by atoms with E-state index in [0.29, 0.717) is 5.56 Å². The predicted molar refractivity (Wildman–Crippen MR) is 45.1 cm³/mol. The molecule has 0 heterocycles. The van der Waals surface area contributed by atoms with Crippen molar-refractivity contribution in [1.82, 2.24) is 0 Å². The van der Waals surface area contributed by atoms with Gasteiger partial charge in [0.1, 0.15) is 5.41 Å². The van der Waals surface area contributed by atoms with E-state index in [2.05, 4.69) is 0 Å².